The molecule has 0 saturated carbocycles. The highest BCUT2D eigenvalue weighted by molar-refractivity contribution is 7.15. The summed E-state index contributed by atoms with van der Waals surface area (Å²) in [5.74, 6) is 0.526. The van der Waals surface area contributed by atoms with Crippen LogP contribution in [0.1, 0.15) is 0 Å². The molecule has 0 radical (unpaired) electrons. The molecule has 4 aromatic rings. The lowest BCUT2D eigenvalue weighted by Crippen LogP contribution is -2.24. The predicted molar refractivity (Wildman–Crippen MR) is 90.1 cm³/mol. The normalized spacial score (nSPS) is 11.9. The maximum absolute atomic E-state index is 12.4. The van der Waals surface area contributed by atoms with Gasteiger partial charge in [0.25, 0.3) is 5.56 Å². The highest BCUT2D eigenvalue weighted by Crippen LogP contribution is 2.14. The summed E-state index contributed by atoms with van der Waals surface area (Å²) in [4.78, 5) is 21.3. The molecule has 1 N–H and O–H groups in total. The van der Waals surface area contributed by atoms with E-state index in [4.69, 9.17) is 0 Å². The second-order valence-corrected chi connectivity index (χ2v) is 5.80. The van der Waals surface area contributed by atoms with Crippen molar-refractivity contribution in [1.82, 2.24) is 19.6 Å². The zero-order valence-electron chi connectivity index (χ0n) is 11.9. The fourth-order valence-electron chi connectivity index (χ4n) is 2.14. The molecule has 1 aromatic carbocycles. The van der Waals surface area contributed by atoms with E-state index in [0.717, 1.165) is 11.3 Å². The number of anilines is 1. The number of fused-ring (bicyclic) bond motifs is 1. The molecule has 23 heavy (non-hydrogen) atoms. The lowest BCUT2D eigenvalue weighted by molar-refractivity contribution is 0.936. The lowest BCUT2D eigenvalue weighted by Gasteiger charge is -1.96. The van der Waals surface area contributed by atoms with Crippen LogP contribution in [0, 0.1) is 0 Å². The number of nitrogens with zero attached hydrogens (tertiary/aromatic N) is 4. The van der Waals surface area contributed by atoms with Crippen LogP contribution in [0.2, 0.25) is 0 Å². The topological polar surface area (TPSA) is 72.2 Å². The molecule has 0 spiro atoms. The van der Waals surface area contributed by atoms with Gasteiger partial charge >= 0.3 is 0 Å². The third kappa shape index (κ3) is 2.58. The van der Waals surface area contributed by atoms with Crippen molar-refractivity contribution in [2.75, 3.05) is 5.32 Å². The fourth-order valence-corrected chi connectivity index (χ4v) is 2.97. The van der Waals surface area contributed by atoms with E-state index in [1.165, 1.54) is 15.9 Å². The molecule has 112 valence electrons. The zero-order chi connectivity index (χ0) is 15.6. The minimum atomic E-state index is -0.179. The van der Waals surface area contributed by atoms with Crippen molar-refractivity contribution in [1.29, 1.82) is 0 Å². The van der Waals surface area contributed by atoms with Gasteiger partial charge in [-0.1, -0.05) is 29.5 Å². The largest absolute Gasteiger partial charge is 0.360 e. The molecule has 7 heteroatoms. The van der Waals surface area contributed by atoms with Crippen LogP contribution in [0.3, 0.4) is 0 Å². The summed E-state index contributed by atoms with van der Waals surface area (Å²) < 4.78 is 1.89. The minimum absolute atomic E-state index is 0.179. The van der Waals surface area contributed by atoms with Crippen LogP contribution in [-0.2, 0) is 0 Å². The molecule has 3 heterocycles. The van der Waals surface area contributed by atoms with Gasteiger partial charge in [0, 0.05) is 29.8 Å². The van der Waals surface area contributed by atoms with E-state index >= 15 is 0 Å². The molecule has 3 aromatic heterocycles. The van der Waals surface area contributed by atoms with Crippen molar-refractivity contribution in [2.24, 2.45) is 0 Å². The SMILES string of the molecule is O=c1/c(=C/Nc2ccccc2)sc2nc(-c3ccncc3)nn12. The summed E-state index contributed by atoms with van der Waals surface area (Å²) >= 11 is 1.30. The first-order valence-corrected chi connectivity index (χ1v) is 7.75. The van der Waals surface area contributed by atoms with E-state index in [1.54, 1.807) is 18.6 Å². The monoisotopic (exact) mass is 321 g/mol. The average molecular weight is 321 g/mol. The number of rotatable bonds is 3. The predicted octanol–water partition coefficient (Wildman–Crippen LogP) is 1.78. The first kappa shape index (κ1) is 13.6. The highest BCUT2D eigenvalue weighted by atomic mass is 32.1. The first-order chi connectivity index (χ1) is 11.3. The van der Waals surface area contributed by atoms with Gasteiger partial charge in [-0.05, 0) is 24.3 Å². The van der Waals surface area contributed by atoms with Gasteiger partial charge in [0.05, 0.1) is 0 Å². The van der Waals surface area contributed by atoms with Gasteiger partial charge < -0.3 is 5.32 Å². The number of hydrogen-bond donors (Lipinski definition) is 1. The van der Waals surface area contributed by atoms with E-state index in [1.807, 2.05) is 42.5 Å². The van der Waals surface area contributed by atoms with Gasteiger partial charge in [-0.3, -0.25) is 9.78 Å². The van der Waals surface area contributed by atoms with Crippen LogP contribution in [-0.4, -0.2) is 19.6 Å². The molecule has 0 fully saturated rings. The Kier molecular flexibility index (Phi) is 3.32. The first-order valence-electron chi connectivity index (χ1n) is 6.93. The Bertz CT molecular complexity index is 1060. The quantitative estimate of drug-likeness (QED) is 0.623. The van der Waals surface area contributed by atoms with Crippen molar-refractivity contribution < 1.29 is 0 Å². The van der Waals surface area contributed by atoms with Crippen LogP contribution in [0.4, 0.5) is 5.69 Å². The molecule has 4 rings (SSSR count). The van der Waals surface area contributed by atoms with Crippen LogP contribution in [0.25, 0.3) is 22.5 Å². The van der Waals surface area contributed by atoms with Gasteiger partial charge in [-0.2, -0.15) is 9.50 Å². The Morgan fingerprint density at radius 1 is 1.09 bits per heavy atom. The molecule has 0 aliphatic carbocycles. The Balaban J connectivity index is 1.72. The summed E-state index contributed by atoms with van der Waals surface area (Å²) in [6, 6.07) is 13.3. The molecule has 0 atom stereocenters. The van der Waals surface area contributed by atoms with Crippen molar-refractivity contribution in [3.05, 3.63) is 69.7 Å². The summed E-state index contributed by atoms with van der Waals surface area (Å²) in [7, 11) is 0. The van der Waals surface area contributed by atoms with Crippen LogP contribution < -0.4 is 15.4 Å². The van der Waals surface area contributed by atoms with Crippen molar-refractivity contribution >= 4 is 28.2 Å². The number of aromatic nitrogens is 4. The molecule has 0 bridgehead atoms. The molecule has 0 unspecified atom stereocenters. The summed E-state index contributed by atoms with van der Waals surface area (Å²) in [5.41, 5.74) is 1.58. The molecule has 0 aliphatic rings. The van der Waals surface area contributed by atoms with E-state index in [2.05, 4.69) is 20.4 Å². The van der Waals surface area contributed by atoms with Gasteiger partial charge in [0.1, 0.15) is 4.53 Å². The molecular formula is C16H11N5OS. The molecule has 0 aliphatic heterocycles. The van der Waals surface area contributed by atoms with Gasteiger partial charge in [-0.15, -0.1) is 5.10 Å². The number of thiazole rings is 1. The molecule has 0 saturated heterocycles. The number of nitrogens with one attached hydrogen (secondary N) is 1. The Hall–Kier alpha value is -3.06. The minimum Gasteiger partial charge on any atom is -0.360 e. The second kappa shape index (κ2) is 5.62. The zero-order valence-corrected chi connectivity index (χ0v) is 12.7. The standard InChI is InChI=1S/C16H11N5OS/c22-15-13(10-18-12-4-2-1-3-5-12)23-16-19-14(20-21(15)16)11-6-8-17-9-7-11/h1-10,18H/b13-10-. The Morgan fingerprint density at radius 3 is 2.61 bits per heavy atom. The van der Waals surface area contributed by atoms with E-state index in [-0.39, 0.29) is 5.56 Å². The van der Waals surface area contributed by atoms with Crippen LogP contribution >= 0.6 is 11.3 Å². The molecular weight excluding hydrogens is 310 g/mol. The van der Waals surface area contributed by atoms with Gasteiger partial charge in [-0.25, -0.2) is 0 Å². The van der Waals surface area contributed by atoms with Crippen molar-refractivity contribution in [3.8, 4) is 11.4 Å². The number of benzene rings is 1. The van der Waals surface area contributed by atoms with Gasteiger partial charge in [0.15, 0.2) is 5.82 Å². The molecule has 0 amide bonds. The smallest absolute Gasteiger partial charge is 0.292 e. The third-order valence-corrected chi connectivity index (χ3v) is 4.22. The van der Waals surface area contributed by atoms with Crippen LogP contribution in [0.15, 0.2) is 59.7 Å². The number of hydrogen-bond acceptors (Lipinski definition) is 6. The maximum Gasteiger partial charge on any atom is 0.292 e. The fraction of sp³-hybridized carbons (Fsp3) is 0. The van der Waals surface area contributed by atoms with E-state index in [9.17, 15) is 4.79 Å². The van der Waals surface area contributed by atoms with Crippen molar-refractivity contribution in [3.63, 3.8) is 0 Å². The lowest BCUT2D eigenvalue weighted by atomic mass is 10.3. The van der Waals surface area contributed by atoms with E-state index in [0.29, 0.717) is 15.3 Å². The third-order valence-electron chi connectivity index (χ3n) is 3.26. The van der Waals surface area contributed by atoms with Crippen molar-refractivity contribution in [2.45, 2.75) is 0 Å². The number of para-hydroxylation sites is 1. The van der Waals surface area contributed by atoms with Crippen LogP contribution in [0.5, 0.6) is 0 Å². The maximum atomic E-state index is 12.4. The Morgan fingerprint density at radius 2 is 1.87 bits per heavy atom. The highest BCUT2D eigenvalue weighted by Gasteiger charge is 2.11. The number of pyridine rings is 1. The summed E-state index contributed by atoms with van der Waals surface area (Å²) in [5, 5.41) is 7.39. The van der Waals surface area contributed by atoms with E-state index < -0.39 is 0 Å². The second-order valence-electron chi connectivity index (χ2n) is 4.79. The summed E-state index contributed by atoms with van der Waals surface area (Å²) in [6.07, 6.45) is 5.03. The van der Waals surface area contributed by atoms with Gasteiger partial charge in [0.2, 0.25) is 4.96 Å². The Labute approximate surface area is 134 Å². The summed E-state index contributed by atoms with van der Waals surface area (Å²) in [6.45, 7) is 0. The molecule has 6 nitrogen and oxygen atoms in total. The average Bonchev–Trinajstić information content (AvgIpc) is 3.15.